The van der Waals surface area contributed by atoms with Crippen molar-refractivity contribution in [3.63, 3.8) is 0 Å². The topological polar surface area (TPSA) is 87.2 Å². The van der Waals surface area contributed by atoms with Crippen LogP contribution in [-0.4, -0.2) is 31.4 Å². The van der Waals surface area contributed by atoms with Crippen LogP contribution in [0.5, 0.6) is 0 Å². The molecule has 2 N–H and O–H groups in total. The average Bonchev–Trinajstić information content (AvgIpc) is 2.73. The molecule has 0 spiro atoms. The summed E-state index contributed by atoms with van der Waals surface area (Å²) < 4.78 is 28.7. The molecule has 1 aromatic heterocycles. The van der Waals surface area contributed by atoms with Crippen molar-refractivity contribution in [2.75, 3.05) is 13.2 Å². The second-order valence-electron chi connectivity index (χ2n) is 3.22. The minimum Gasteiger partial charge on any atom is -0.379 e. The van der Waals surface area contributed by atoms with Gasteiger partial charge in [-0.3, -0.25) is 4.68 Å². The molecule has 1 saturated heterocycles. The van der Waals surface area contributed by atoms with E-state index in [0.29, 0.717) is 13.2 Å². The molecule has 1 aliphatic heterocycles. The van der Waals surface area contributed by atoms with Gasteiger partial charge in [0.2, 0.25) is 10.0 Å². The standard InChI is InChI=1S/C7H11N3O3S/c8-14(11,12)7-3-9-10(4-7)6-1-2-13-5-6/h3-4,6H,1-2,5H2,(H2,8,11,12)/t6-/m1/s1. The van der Waals surface area contributed by atoms with Crippen LogP contribution in [0.4, 0.5) is 0 Å². The summed E-state index contributed by atoms with van der Waals surface area (Å²) in [7, 11) is -3.64. The maximum Gasteiger partial charge on any atom is 0.241 e. The summed E-state index contributed by atoms with van der Waals surface area (Å²) in [6.07, 6.45) is 3.55. The van der Waals surface area contributed by atoms with Crippen molar-refractivity contribution in [3.05, 3.63) is 12.4 Å². The van der Waals surface area contributed by atoms with E-state index in [1.54, 1.807) is 4.68 Å². The third kappa shape index (κ3) is 1.79. The van der Waals surface area contributed by atoms with Crippen LogP contribution in [0.2, 0.25) is 0 Å². The second kappa shape index (κ2) is 3.34. The van der Waals surface area contributed by atoms with E-state index in [-0.39, 0.29) is 10.9 Å². The Labute approximate surface area is 81.7 Å². The number of nitrogens with zero attached hydrogens (tertiary/aromatic N) is 2. The lowest BCUT2D eigenvalue weighted by Gasteiger charge is -2.06. The van der Waals surface area contributed by atoms with Gasteiger partial charge in [-0.2, -0.15) is 5.10 Å². The van der Waals surface area contributed by atoms with Gasteiger partial charge in [0, 0.05) is 12.8 Å². The van der Waals surface area contributed by atoms with Crippen molar-refractivity contribution in [2.24, 2.45) is 5.14 Å². The molecule has 14 heavy (non-hydrogen) atoms. The van der Waals surface area contributed by atoms with Crippen molar-refractivity contribution in [1.29, 1.82) is 0 Å². The van der Waals surface area contributed by atoms with E-state index in [4.69, 9.17) is 9.88 Å². The molecule has 0 saturated carbocycles. The fourth-order valence-electron chi connectivity index (χ4n) is 1.40. The van der Waals surface area contributed by atoms with Crippen LogP contribution in [0.25, 0.3) is 0 Å². The highest BCUT2D eigenvalue weighted by Gasteiger charge is 2.20. The number of nitrogens with two attached hydrogens (primary N) is 1. The first-order valence-electron chi connectivity index (χ1n) is 4.22. The Bertz CT molecular complexity index is 419. The van der Waals surface area contributed by atoms with E-state index in [0.717, 1.165) is 6.42 Å². The third-order valence-electron chi connectivity index (χ3n) is 2.19. The van der Waals surface area contributed by atoms with Gasteiger partial charge in [-0.1, -0.05) is 0 Å². The van der Waals surface area contributed by atoms with E-state index >= 15 is 0 Å². The maximum atomic E-state index is 11.0. The Morgan fingerprint density at radius 3 is 2.93 bits per heavy atom. The molecule has 1 aromatic rings. The Morgan fingerprint density at radius 2 is 2.43 bits per heavy atom. The predicted octanol–water partition coefficient (Wildman–Crippen LogP) is -0.508. The van der Waals surface area contributed by atoms with Gasteiger partial charge in [0.05, 0.1) is 18.8 Å². The van der Waals surface area contributed by atoms with Gasteiger partial charge in [-0.25, -0.2) is 13.6 Å². The lowest BCUT2D eigenvalue weighted by molar-refractivity contribution is 0.184. The summed E-state index contributed by atoms with van der Waals surface area (Å²) >= 11 is 0. The van der Waals surface area contributed by atoms with Crippen molar-refractivity contribution in [1.82, 2.24) is 9.78 Å². The molecule has 0 radical (unpaired) electrons. The van der Waals surface area contributed by atoms with Crippen LogP contribution in [0.15, 0.2) is 17.3 Å². The number of sulfonamides is 1. The average molecular weight is 217 g/mol. The highest BCUT2D eigenvalue weighted by Crippen LogP contribution is 2.18. The number of aromatic nitrogens is 2. The summed E-state index contributed by atoms with van der Waals surface area (Å²) in [5, 5.41) is 8.90. The van der Waals surface area contributed by atoms with E-state index in [1.807, 2.05) is 0 Å². The SMILES string of the molecule is NS(=O)(=O)c1cnn([C@@H]2CCOC2)c1. The molecular weight excluding hydrogens is 206 g/mol. The second-order valence-corrected chi connectivity index (χ2v) is 4.78. The van der Waals surface area contributed by atoms with E-state index < -0.39 is 10.0 Å². The molecule has 1 atom stereocenters. The van der Waals surface area contributed by atoms with Crippen molar-refractivity contribution in [3.8, 4) is 0 Å². The smallest absolute Gasteiger partial charge is 0.241 e. The van der Waals surface area contributed by atoms with E-state index in [1.165, 1.54) is 12.4 Å². The van der Waals surface area contributed by atoms with Crippen LogP contribution in [0.3, 0.4) is 0 Å². The molecule has 2 rings (SSSR count). The molecule has 0 aromatic carbocycles. The van der Waals surface area contributed by atoms with Crippen LogP contribution in [-0.2, 0) is 14.8 Å². The molecular formula is C7H11N3O3S. The van der Waals surface area contributed by atoms with Crippen molar-refractivity contribution >= 4 is 10.0 Å². The van der Waals surface area contributed by atoms with Crippen LogP contribution in [0.1, 0.15) is 12.5 Å². The Kier molecular flexibility index (Phi) is 2.30. The third-order valence-corrected chi connectivity index (χ3v) is 3.05. The van der Waals surface area contributed by atoms with Crippen LogP contribution >= 0.6 is 0 Å². The lowest BCUT2D eigenvalue weighted by Crippen LogP contribution is -2.12. The molecule has 0 amide bonds. The minimum absolute atomic E-state index is 0.0457. The number of hydrogen-bond acceptors (Lipinski definition) is 4. The Balaban J connectivity index is 2.25. The number of rotatable bonds is 2. The number of primary sulfonamides is 1. The Morgan fingerprint density at radius 1 is 1.64 bits per heavy atom. The van der Waals surface area contributed by atoms with Crippen molar-refractivity contribution < 1.29 is 13.2 Å². The van der Waals surface area contributed by atoms with Gasteiger partial charge >= 0.3 is 0 Å². The molecule has 0 aliphatic carbocycles. The molecule has 1 aliphatic rings. The molecule has 0 bridgehead atoms. The molecule has 0 unspecified atom stereocenters. The summed E-state index contributed by atoms with van der Waals surface area (Å²) in [5.41, 5.74) is 0. The molecule has 6 nitrogen and oxygen atoms in total. The molecule has 1 fully saturated rings. The summed E-state index contributed by atoms with van der Waals surface area (Å²) in [6, 6.07) is 0.130. The van der Waals surface area contributed by atoms with Gasteiger partial charge in [-0.05, 0) is 6.42 Å². The summed E-state index contributed by atoms with van der Waals surface area (Å²) in [4.78, 5) is 0.0457. The quantitative estimate of drug-likeness (QED) is 0.722. The van der Waals surface area contributed by atoms with E-state index in [2.05, 4.69) is 5.10 Å². The monoisotopic (exact) mass is 217 g/mol. The highest BCUT2D eigenvalue weighted by molar-refractivity contribution is 7.89. The number of ether oxygens (including phenoxy) is 1. The lowest BCUT2D eigenvalue weighted by atomic mass is 10.3. The predicted molar refractivity (Wildman–Crippen MR) is 48.1 cm³/mol. The largest absolute Gasteiger partial charge is 0.379 e. The van der Waals surface area contributed by atoms with Gasteiger partial charge in [0.1, 0.15) is 4.90 Å². The summed E-state index contributed by atoms with van der Waals surface area (Å²) in [5.74, 6) is 0. The molecule has 2 heterocycles. The zero-order valence-electron chi connectivity index (χ0n) is 7.46. The fourth-order valence-corrected chi connectivity index (χ4v) is 1.85. The molecule has 78 valence electrons. The zero-order valence-corrected chi connectivity index (χ0v) is 8.27. The normalized spacial score (nSPS) is 22.8. The van der Waals surface area contributed by atoms with Gasteiger partial charge < -0.3 is 4.74 Å². The first-order valence-corrected chi connectivity index (χ1v) is 5.77. The molecule has 7 heteroatoms. The van der Waals surface area contributed by atoms with Crippen LogP contribution in [0, 0.1) is 0 Å². The van der Waals surface area contributed by atoms with Gasteiger partial charge in [0.15, 0.2) is 0 Å². The van der Waals surface area contributed by atoms with Crippen LogP contribution < -0.4 is 5.14 Å². The minimum atomic E-state index is -3.64. The van der Waals surface area contributed by atoms with Gasteiger partial charge in [-0.15, -0.1) is 0 Å². The fraction of sp³-hybridized carbons (Fsp3) is 0.571. The highest BCUT2D eigenvalue weighted by atomic mass is 32.2. The summed E-state index contributed by atoms with van der Waals surface area (Å²) in [6.45, 7) is 1.26. The van der Waals surface area contributed by atoms with E-state index in [9.17, 15) is 8.42 Å². The first kappa shape index (κ1) is 9.63. The first-order chi connectivity index (χ1) is 6.57. The number of hydrogen-bond donors (Lipinski definition) is 1. The Hall–Kier alpha value is -0.920. The van der Waals surface area contributed by atoms with Gasteiger partial charge in [0.25, 0.3) is 0 Å². The maximum absolute atomic E-state index is 11.0. The zero-order chi connectivity index (χ0) is 10.2. The van der Waals surface area contributed by atoms with Crippen molar-refractivity contribution in [2.45, 2.75) is 17.4 Å².